The maximum atomic E-state index is 5.92. The summed E-state index contributed by atoms with van der Waals surface area (Å²) in [6, 6.07) is 8.82. The standard InChI is InChI=1S/C15H24ClNS/c1-12(2)17-11-14(8-9-18-3)10-13-4-6-15(16)7-5-13/h4-7,12,14,17H,8-11H2,1-3H3. The number of hydrogen-bond acceptors (Lipinski definition) is 2. The lowest BCUT2D eigenvalue weighted by Gasteiger charge is -2.19. The Labute approximate surface area is 121 Å². The van der Waals surface area contributed by atoms with Gasteiger partial charge in [0.15, 0.2) is 0 Å². The van der Waals surface area contributed by atoms with Crippen LogP contribution >= 0.6 is 23.4 Å². The van der Waals surface area contributed by atoms with E-state index in [4.69, 9.17) is 11.6 Å². The lowest BCUT2D eigenvalue weighted by atomic mass is 9.96. The zero-order valence-corrected chi connectivity index (χ0v) is 13.2. The van der Waals surface area contributed by atoms with Crippen molar-refractivity contribution in [2.45, 2.75) is 32.7 Å². The van der Waals surface area contributed by atoms with Crippen LogP contribution in [0.2, 0.25) is 5.02 Å². The van der Waals surface area contributed by atoms with Crippen LogP contribution in [0.1, 0.15) is 25.8 Å². The van der Waals surface area contributed by atoms with Gasteiger partial charge in [0, 0.05) is 11.1 Å². The van der Waals surface area contributed by atoms with Crippen molar-refractivity contribution >= 4 is 23.4 Å². The minimum Gasteiger partial charge on any atom is -0.314 e. The summed E-state index contributed by atoms with van der Waals surface area (Å²) in [4.78, 5) is 0. The monoisotopic (exact) mass is 285 g/mol. The molecule has 1 nitrogen and oxygen atoms in total. The van der Waals surface area contributed by atoms with Crippen molar-refractivity contribution in [3.63, 3.8) is 0 Å². The SMILES string of the molecule is CSCCC(CNC(C)C)Cc1ccc(Cl)cc1. The molecule has 1 rings (SSSR count). The van der Waals surface area contributed by atoms with Crippen molar-refractivity contribution in [1.29, 1.82) is 0 Å². The van der Waals surface area contributed by atoms with Crippen molar-refractivity contribution < 1.29 is 0 Å². The van der Waals surface area contributed by atoms with E-state index in [9.17, 15) is 0 Å². The Morgan fingerprint density at radius 2 is 1.89 bits per heavy atom. The maximum Gasteiger partial charge on any atom is 0.0406 e. The lowest BCUT2D eigenvalue weighted by Crippen LogP contribution is -2.30. The highest BCUT2D eigenvalue weighted by Crippen LogP contribution is 2.16. The van der Waals surface area contributed by atoms with Crippen molar-refractivity contribution in [1.82, 2.24) is 5.32 Å². The molecule has 1 aromatic rings. The Balaban J connectivity index is 2.50. The Morgan fingerprint density at radius 3 is 2.44 bits per heavy atom. The molecule has 1 atom stereocenters. The van der Waals surface area contributed by atoms with Crippen LogP contribution in [0.15, 0.2) is 24.3 Å². The summed E-state index contributed by atoms with van der Waals surface area (Å²) in [6.07, 6.45) is 4.58. The highest BCUT2D eigenvalue weighted by molar-refractivity contribution is 7.98. The first kappa shape index (κ1) is 15.9. The van der Waals surface area contributed by atoms with Crippen molar-refractivity contribution in [2.24, 2.45) is 5.92 Å². The topological polar surface area (TPSA) is 12.0 Å². The number of hydrogen-bond donors (Lipinski definition) is 1. The van der Waals surface area contributed by atoms with E-state index in [0.717, 1.165) is 18.0 Å². The molecular formula is C15H24ClNS. The Hall–Kier alpha value is -0.180. The van der Waals surface area contributed by atoms with Gasteiger partial charge in [-0.2, -0.15) is 11.8 Å². The highest BCUT2D eigenvalue weighted by Gasteiger charge is 2.10. The molecule has 3 heteroatoms. The molecule has 0 fully saturated rings. The third-order valence-electron chi connectivity index (χ3n) is 2.98. The van der Waals surface area contributed by atoms with Crippen LogP contribution in [0.3, 0.4) is 0 Å². The van der Waals surface area contributed by atoms with E-state index in [0.29, 0.717) is 12.0 Å². The van der Waals surface area contributed by atoms with Crippen molar-refractivity contribution in [3.8, 4) is 0 Å². The Morgan fingerprint density at radius 1 is 1.22 bits per heavy atom. The molecule has 0 aromatic heterocycles. The number of thioether (sulfide) groups is 1. The average Bonchev–Trinajstić information content (AvgIpc) is 2.35. The zero-order chi connectivity index (χ0) is 13.4. The smallest absolute Gasteiger partial charge is 0.0406 e. The molecule has 0 aliphatic heterocycles. The number of rotatable bonds is 8. The number of benzene rings is 1. The summed E-state index contributed by atoms with van der Waals surface area (Å²) in [7, 11) is 0. The van der Waals surface area contributed by atoms with Crippen LogP contribution in [0.4, 0.5) is 0 Å². The minimum absolute atomic E-state index is 0.562. The number of nitrogens with one attached hydrogen (secondary N) is 1. The molecular weight excluding hydrogens is 262 g/mol. The largest absolute Gasteiger partial charge is 0.314 e. The summed E-state index contributed by atoms with van der Waals surface area (Å²) in [5.74, 6) is 1.94. The first-order valence-corrected chi connectivity index (χ1v) is 8.35. The van der Waals surface area contributed by atoms with Gasteiger partial charge in [-0.25, -0.2) is 0 Å². The Kier molecular flexibility index (Phi) is 7.80. The van der Waals surface area contributed by atoms with Gasteiger partial charge in [-0.1, -0.05) is 37.6 Å². The van der Waals surface area contributed by atoms with Gasteiger partial charge in [-0.15, -0.1) is 0 Å². The van der Waals surface area contributed by atoms with E-state index in [1.165, 1.54) is 17.7 Å². The predicted octanol–water partition coefficient (Wildman–Crippen LogP) is 4.25. The average molecular weight is 286 g/mol. The molecule has 1 aromatic carbocycles. The third kappa shape index (κ3) is 6.67. The summed E-state index contributed by atoms with van der Waals surface area (Å²) >= 11 is 7.85. The van der Waals surface area contributed by atoms with Crippen LogP contribution in [0.5, 0.6) is 0 Å². The fraction of sp³-hybridized carbons (Fsp3) is 0.600. The van der Waals surface area contributed by atoms with Crippen molar-refractivity contribution in [2.75, 3.05) is 18.6 Å². The summed E-state index contributed by atoms with van der Waals surface area (Å²) < 4.78 is 0. The second-order valence-corrected chi connectivity index (χ2v) is 6.46. The van der Waals surface area contributed by atoms with Crippen molar-refractivity contribution in [3.05, 3.63) is 34.9 Å². The van der Waals surface area contributed by atoms with E-state index in [2.05, 4.69) is 37.6 Å². The summed E-state index contributed by atoms with van der Waals surface area (Å²) in [5.41, 5.74) is 1.39. The second kappa shape index (κ2) is 8.84. The minimum atomic E-state index is 0.562. The molecule has 0 bridgehead atoms. The molecule has 102 valence electrons. The predicted molar refractivity (Wildman–Crippen MR) is 84.8 cm³/mol. The molecule has 0 heterocycles. The van der Waals surface area contributed by atoms with Crippen LogP contribution in [0.25, 0.3) is 0 Å². The molecule has 0 aliphatic carbocycles. The van der Waals surface area contributed by atoms with E-state index in [1.54, 1.807) is 0 Å². The molecule has 0 aliphatic rings. The van der Waals surface area contributed by atoms with E-state index < -0.39 is 0 Å². The van der Waals surface area contributed by atoms with E-state index >= 15 is 0 Å². The maximum absolute atomic E-state index is 5.92. The first-order valence-electron chi connectivity index (χ1n) is 6.58. The highest BCUT2D eigenvalue weighted by atomic mass is 35.5. The van der Waals surface area contributed by atoms with Gasteiger partial charge < -0.3 is 5.32 Å². The number of halogens is 1. The normalized spacial score (nSPS) is 12.9. The third-order valence-corrected chi connectivity index (χ3v) is 3.88. The van der Waals surface area contributed by atoms with E-state index in [-0.39, 0.29) is 0 Å². The van der Waals surface area contributed by atoms with Crippen LogP contribution in [-0.2, 0) is 6.42 Å². The van der Waals surface area contributed by atoms with Crippen LogP contribution < -0.4 is 5.32 Å². The fourth-order valence-corrected chi connectivity index (χ4v) is 2.61. The molecule has 1 unspecified atom stereocenters. The summed E-state index contributed by atoms with van der Waals surface area (Å²) in [5, 5.41) is 4.37. The van der Waals surface area contributed by atoms with Gasteiger partial charge in [-0.05, 0) is 55.0 Å². The van der Waals surface area contributed by atoms with Gasteiger partial charge in [0.25, 0.3) is 0 Å². The molecule has 1 N–H and O–H groups in total. The molecule has 0 saturated heterocycles. The molecule has 0 amide bonds. The van der Waals surface area contributed by atoms with Crippen LogP contribution in [0, 0.1) is 5.92 Å². The van der Waals surface area contributed by atoms with Crippen LogP contribution in [-0.4, -0.2) is 24.6 Å². The fourth-order valence-electron chi connectivity index (χ4n) is 1.92. The van der Waals surface area contributed by atoms with Gasteiger partial charge in [0.05, 0.1) is 0 Å². The zero-order valence-electron chi connectivity index (χ0n) is 11.6. The van der Waals surface area contributed by atoms with Gasteiger partial charge in [0.2, 0.25) is 0 Å². The second-order valence-electron chi connectivity index (χ2n) is 5.04. The molecule has 0 spiro atoms. The van der Waals surface area contributed by atoms with E-state index in [1.807, 2.05) is 23.9 Å². The summed E-state index contributed by atoms with van der Waals surface area (Å²) in [6.45, 7) is 5.50. The quantitative estimate of drug-likeness (QED) is 0.766. The molecule has 0 saturated carbocycles. The van der Waals surface area contributed by atoms with Gasteiger partial charge in [-0.3, -0.25) is 0 Å². The molecule has 18 heavy (non-hydrogen) atoms. The first-order chi connectivity index (χ1) is 8.61. The Bertz CT molecular complexity index is 324. The van der Waals surface area contributed by atoms with Gasteiger partial charge in [0.1, 0.15) is 0 Å². The molecule has 0 radical (unpaired) electrons. The van der Waals surface area contributed by atoms with Gasteiger partial charge >= 0.3 is 0 Å². The lowest BCUT2D eigenvalue weighted by molar-refractivity contribution is 0.438.